The van der Waals surface area contributed by atoms with Crippen molar-refractivity contribution in [3.8, 4) is 17.6 Å². The lowest BCUT2D eigenvalue weighted by molar-refractivity contribution is -0.0520. The molecular formula is C21H22F2N4O3. The highest BCUT2D eigenvalue weighted by Crippen LogP contribution is 2.41. The number of aromatic nitrogens is 2. The van der Waals surface area contributed by atoms with E-state index in [2.05, 4.69) is 20.8 Å². The van der Waals surface area contributed by atoms with Gasteiger partial charge in [-0.1, -0.05) is 6.07 Å². The third-order valence-corrected chi connectivity index (χ3v) is 5.91. The van der Waals surface area contributed by atoms with Crippen molar-refractivity contribution in [2.75, 3.05) is 5.73 Å². The first kappa shape index (κ1) is 20.1. The molecular weight excluding hydrogens is 394 g/mol. The molecule has 0 amide bonds. The molecule has 2 aliphatic carbocycles. The first-order valence-corrected chi connectivity index (χ1v) is 9.95. The number of nitrogens with zero attached hydrogens (tertiary/aromatic N) is 2. The zero-order chi connectivity index (χ0) is 21.3. The second-order valence-electron chi connectivity index (χ2n) is 7.81. The number of nitrogens with one attached hydrogen (secondary N) is 1. The highest BCUT2D eigenvalue weighted by Gasteiger charge is 2.39. The number of hydrogen-bond donors (Lipinski definition) is 2. The monoisotopic (exact) mass is 416 g/mol. The van der Waals surface area contributed by atoms with Crippen LogP contribution in [0.1, 0.15) is 48.9 Å². The first-order chi connectivity index (χ1) is 14.4. The fraction of sp³-hybridized carbons (Fsp3) is 0.476. The smallest absolute Gasteiger partial charge is 0.387 e. The van der Waals surface area contributed by atoms with Crippen LogP contribution in [0.3, 0.4) is 0 Å². The van der Waals surface area contributed by atoms with Crippen LogP contribution in [0.2, 0.25) is 0 Å². The number of nitrogens with two attached hydrogens (primary N) is 1. The number of ether oxygens (including phenoxy) is 2. The highest BCUT2D eigenvalue weighted by atomic mass is 19.3. The van der Waals surface area contributed by atoms with Crippen LogP contribution in [-0.2, 0) is 18.3 Å². The molecule has 2 aliphatic rings. The van der Waals surface area contributed by atoms with Crippen LogP contribution >= 0.6 is 0 Å². The summed E-state index contributed by atoms with van der Waals surface area (Å²) in [7, 11) is 0. The van der Waals surface area contributed by atoms with Crippen molar-refractivity contribution in [3.63, 3.8) is 0 Å². The van der Waals surface area contributed by atoms with E-state index in [1.54, 1.807) is 12.1 Å². The maximum atomic E-state index is 12.9. The van der Waals surface area contributed by atoms with Crippen molar-refractivity contribution >= 4 is 5.95 Å². The Morgan fingerprint density at radius 3 is 2.77 bits per heavy atom. The van der Waals surface area contributed by atoms with Crippen molar-refractivity contribution in [1.82, 2.24) is 9.97 Å². The summed E-state index contributed by atoms with van der Waals surface area (Å²) in [5.74, 6) is 0.186. The minimum absolute atomic E-state index is 0.0453. The number of hydrogen-bond acceptors (Lipinski definition) is 6. The molecule has 1 aromatic carbocycles. The van der Waals surface area contributed by atoms with Crippen LogP contribution in [0, 0.1) is 11.3 Å². The van der Waals surface area contributed by atoms with Gasteiger partial charge >= 0.3 is 6.61 Å². The van der Waals surface area contributed by atoms with Crippen molar-refractivity contribution in [1.29, 1.82) is 5.26 Å². The Hall–Kier alpha value is -3.15. The number of aryl methyl sites for hydroxylation is 1. The van der Waals surface area contributed by atoms with Crippen LogP contribution in [0.4, 0.5) is 14.7 Å². The molecule has 9 heteroatoms. The maximum Gasteiger partial charge on any atom is 0.387 e. The Morgan fingerprint density at radius 1 is 1.30 bits per heavy atom. The Bertz CT molecular complexity index is 1040. The summed E-state index contributed by atoms with van der Waals surface area (Å²) in [4.78, 5) is 19.0. The number of nitriles is 1. The summed E-state index contributed by atoms with van der Waals surface area (Å²) >= 11 is 0. The molecule has 30 heavy (non-hydrogen) atoms. The standard InChI is InChI=1S/C21H22F2N4O3/c22-19(23)30-16-6-5-12(9-17(16)29-13-3-1-2-4-13)21(11-24)8-7-15-14(10-21)18(28)27-20(25)26-15/h5-6,9,13,19H,1-4,7-8,10H2,(H3,25,26,27,28). The van der Waals surface area contributed by atoms with Gasteiger partial charge in [0.2, 0.25) is 5.95 Å². The molecule has 1 fully saturated rings. The number of aromatic amines is 1. The van der Waals surface area contributed by atoms with Gasteiger partial charge in [0.25, 0.3) is 5.56 Å². The average Bonchev–Trinajstić information content (AvgIpc) is 3.22. The van der Waals surface area contributed by atoms with Gasteiger partial charge in [-0.05, 0) is 56.2 Å². The van der Waals surface area contributed by atoms with Crippen molar-refractivity contribution in [2.45, 2.75) is 63.1 Å². The van der Waals surface area contributed by atoms with E-state index >= 15 is 0 Å². The number of benzene rings is 1. The molecule has 1 heterocycles. The molecule has 1 saturated carbocycles. The normalized spacial score (nSPS) is 21.3. The molecule has 3 N–H and O–H groups in total. The van der Waals surface area contributed by atoms with E-state index in [0.29, 0.717) is 29.7 Å². The third-order valence-electron chi connectivity index (χ3n) is 5.91. The summed E-state index contributed by atoms with van der Waals surface area (Å²) in [5.41, 5.74) is 5.86. The summed E-state index contributed by atoms with van der Waals surface area (Å²) in [6.45, 7) is -2.98. The van der Waals surface area contributed by atoms with E-state index in [1.165, 1.54) is 6.07 Å². The predicted octanol–water partition coefficient (Wildman–Crippen LogP) is 3.23. The largest absolute Gasteiger partial charge is 0.487 e. The van der Waals surface area contributed by atoms with E-state index in [9.17, 15) is 18.8 Å². The second kappa shape index (κ2) is 7.94. The number of anilines is 1. The minimum Gasteiger partial charge on any atom is -0.487 e. The Kier molecular flexibility index (Phi) is 5.33. The summed E-state index contributed by atoms with van der Waals surface area (Å²) in [5, 5.41) is 10.1. The SMILES string of the molecule is N#CC1(c2ccc(OC(F)F)c(OC3CCCC3)c2)CCc2nc(N)[nH]c(=O)c2C1. The maximum absolute atomic E-state index is 12.9. The molecule has 7 nitrogen and oxygen atoms in total. The van der Waals surface area contributed by atoms with Gasteiger partial charge in [-0.25, -0.2) is 4.98 Å². The van der Waals surface area contributed by atoms with Gasteiger partial charge < -0.3 is 15.2 Å². The number of H-pyrrole nitrogens is 1. The van der Waals surface area contributed by atoms with E-state index in [4.69, 9.17) is 10.5 Å². The van der Waals surface area contributed by atoms with Gasteiger partial charge in [-0.15, -0.1) is 0 Å². The number of rotatable bonds is 5. The fourth-order valence-corrected chi connectivity index (χ4v) is 4.36. The van der Waals surface area contributed by atoms with Gasteiger partial charge in [-0.2, -0.15) is 14.0 Å². The molecule has 4 rings (SSSR count). The lowest BCUT2D eigenvalue weighted by Gasteiger charge is -2.32. The van der Waals surface area contributed by atoms with Gasteiger partial charge in [0.1, 0.15) is 0 Å². The van der Waals surface area contributed by atoms with E-state index in [0.717, 1.165) is 25.7 Å². The third kappa shape index (κ3) is 3.82. The van der Waals surface area contributed by atoms with Gasteiger partial charge in [0.15, 0.2) is 11.5 Å². The zero-order valence-electron chi connectivity index (χ0n) is 16.3. The Balaban J connectivity index is 1.72. The van der Waals surface area contributed by atoms with Gasteiger partial charge in [0.05, 0.1) is 23.3 Å². The molecule has 0 bridgehead atoms. The fourth-order valence-electron chi connectivity index (χ4n) is 4.36. The Labute approximate surface area is 171 Å². The Morgan fingerprint density at radius 2 is 2.07 bits per heavy atom. The minimum atomic E-state index is -2.98. The summed E-state index contributed by atoms with van der Waals surface area (Å²) in [6.07, 6.45) is 4.64. The molecule has 0 saturated heterocycles. The topological polar surface area (TPSA) is 114 Å². The molecule has 0 aliphatic heterocycles. The van der Waals surface area contributed by atoms with Gasteiger partial charge in [-0.3, -0.25) is 9.78 Å². The van der Waals surface area contributed by atoms with Crippen LogP contribution in [-0.4, -0.2) is 22.7 Å². The van der Waals surface area contributed by atoms with E-state index < -0.39 is 12.0 Å². The van der Waals surface area contributed by atoms with Crippen LogP contribution in [0.5, 0.6) is 11.5 Å². The number of alkyl halides is 2. The predicted molar refractivity (Wildman–Crippen MR) is 105 cm³/mol. The van der Waals surface area contributed by atoms with E-state index in [-0.39, 0.29) is 35.5 Å². The number of halogens is 2. The molecule has 1 aromatic heterocycles. The van der Waals surface area contributed by atoms with Crippen LogP contribution in [0.25, 0.3) is 0 Å². The average molecular weight is 416 g/mol. The molecule has 1 unspecified atom stereocenters. The molecule has 0 radical (unpaired) electrons. The van der Waals surface area contributed by atoms with Crippen LogP contribution < -0.4 is 20.8 Å². The van der Waals surface area contributed by atoms with E-state index in [1.807, 2.05) is 0 Å². The lowest BCUT2D eigenvalue weighted by Crippen LogP contribution is -2.36. The molecule has 2 aromatic rings. The molecule has 0 spiro atoms. The van der Waals surface area contributed by atoms with Crippen molar-refractivity contribution < 1.29 is 18.3 Å². The number of fused-ring (bicyclic) bond motifs is 1. The van der Waals surface area contributed by atoms with Crippen LogP contribution in [0.15, 0.2) is 23.0 Å². The summed E-state index contributed by atoms with van der Waals surface area (Å²) < 4.78 is 36.3. The van der Waals surface area contributed by atoms with Gasteiger partial charge in [0, 0.05) is 12.0 Å². The first-order valence-electron chi connectivity index (χ1n) is 9.95. The number of nitrogen functional groups attached to an aromatic ring is 1. The highest BCUT2D eigenvalue weighted by molar-refractivity contribution is 5.49. The second-order valence-corrected chi connectivity index (χ2v) is 7.81. The van der Waals surface area contributed by atoms with Crippen molar-refractivity contribution in [2.24, 2.45) is 0 Å². The molecule has 1 atom stereocenters. The molecule has 158 valence electrons. The zero-order valence-corrected chi connectivity index (χ0v) is 16.3. The lowest BCUT2D eigenvalue weighted by atomic mass is 9.69. The quantitative estimate of drug-likeness (QED) is 0.774. The van der Waals surface area contributed by atoms with Crippen molar-refractivity contribution in [3.05, 3.63) is 45.4 Å². The summed E-state index contributed by atoms with van der Waals surface area (Å²) in [6, 6.07) is 6.94.